The molecule has 1 aliphatic heterocycles. The maximum absolute atomic E-state index is 12.8. The third-order valence-corrected chi connectivity index (χ3v) is 3.65. The number of nitrogens with zero attached hydrogens (tertiary/aromatic N) is 2. The number of halogens is 1. The van der Waals surface area contributed by atoms with Crippen LogP contribution >= 0.6 is 0 Å². The van der Waals surface area contributed by atoms with Gasteiger partial charge in [-0.15, -0.1) is 0 Å². The van der Waals surface area contributed by atoms with Gasteiger partial charge in [0.2, 0.25) is 0 Å². The normalized spacial score (nSPS) is 15.6. The Hall–Kier alpha value is -2.43. The van der Waals surface area contributed by atoms with Gasteiger partial charge in [-0.25, -0.2) is 4.39 Å². The Morgan fingerprint density at radius 1 is 1.33 bits per heavy atom. The Labute approximate surface area is 140 Å². The predicted molar refractivity (Wildman–Crippen MR) is 87.2 cm³/mol. The summed E-state index contributed by atoms with van der Waals surface area (Å²) in [5, 5.41) is 14.7. The van der Waals surface area contributed by atoms with Crippen LogP contribution in [0.1, 0.15) is 5.56 Å². The molecular formula is C17H21FN4O2. The fraction of sp³-hybridized carbons (Fsp3) is 0.412. The first kappa shape index (κ1) is 17.9. The van der Waals surface area contributed by atoms with E-state index in [1.807, 2.05) is 6.07 Å². The fourth-order valence-corrected chi connectivity index (χ4v) is 2.27. The van der Waals surface area contributed by atoms with Crippen LogP contribution in [0.5, 0.6) is 0 Å². The highest BCUT2D eigenvalue weighted by atomic mass is 19.1. The first-order chi connectivity index (χ1) is 11.7. The van der Waals surface area contributed by atoms with E-state index in [2.05, 4.69) is 15.5 Å². The number of nitrogens with one attached hydrogen (secondary N) is 2. The monoisotopic (exact) mass is 332 g/mol. The van der Waals surface area contributed by atoms with Gasteiger partial charge in [-0.1, -0.05) is 12.1 Å². The van der Waals surface area contributed by atoms with Crippen molar-refractivity contribution >= 4 is 5.91 Å². The average molecular weight is 332 g/mol. The van der Waals surface area contributed by atoms with Gasteiger partial charge < -0.3 is 15.4 Å². The van der Waals surface area contributed by atoms with Gasteiger partial charge in [0.25, 0.3) is 5.91 Å². The molecule has 1 amide bonds. The largest absolute Gasteiger partial charge is 0.386 e. The lowest BCUT2D eigenvalue weighted by molar-refractivity contribution is -0.117. The van der Waals surface area contributed by atoms with Gasteiger partial charge in [0.15, 0.2) is 0 Å². The molecule has 0 bridgehead atoms. The minimum atomic E-state index is -0.405. The predicted octanol–water partition coefficient (Wildman–Crippen LogP) is 0.771. The second kappa shape index (κ2) is 9.65. The minimum absolute atomic E-state index is 0.0130. The van der Waals surface area contributed by atoms with Crippen molar-refractivity contribution in [3.8, 4) is 6.07 Å². The third kappa shape index (κ3) is 5.99. The number of carbonyl (C=O) groups is 1. The molecule has 1 saturated heterocycles. The van der Waals surface area contributed by atoms with Crippen LogP contribution in [-0.4, -0.2) is 50.2 Å². The van der Waals surface area contributed by atoms with Crippen LogP contribution in [0, 0.1) is 17.1 Å². The highest BCUT2D eigenvalue weighted by Gasteiger charge is 2.12. The summed E-state index contributed by atoms with van der Waals surface area (Å²) in [7, 11) is 0. The van der Waals surface area contributed by atoms with Gasteiger partial charge in [0.1, 0.15) is 17.5 Å². The van der Waals surface area contributed by atoms with E-state index < -0.39 is 5.91 Å². The Bertz CT molecular complexity index is 604. The lowest BCUT2D eigenvalue weighted by atomic mass is 10.2. The smallest absolute Gasteiger partial charge is 0.263 e. The maximum Gasteiger partial charge on any atom is 0.263 e. The standard InChI is InChI=1S/C17H21FN4O2/c18-16-3-1-14(2-4-16)12-20-13-15(11-19)17(23)21-5-6-22-7-9-24-10-8-22/h1-4,13,20H,5-10,12H2,(H,21,23)/b15-13-. The molecule has 1 aliphatic rings. The van der Waals surface area contributed by atoms with Crippen molar-refractivity contribution in [2.75, 3.05) is 39.4 Å². The van der Waals surface area contributed by atoms with E-state index in [4.69, 9.17) is 10.00 Å². The van der Waals surface area contributed by atoms with E-state index in [1.165, 1.54) is 18.3 Å². The molecular weight excluding hydrogens is 311 g/mol. The summed E-state index contributed by atoms with van der Waals surface area (Å²) >= 11 is 0. The van der Waals surface area contributed by atoms with Crippen molar-refractivity contribution in [3.63, 3.8) is 0 Å². The number of carbonyl (C=O) groups excluding carboxylic acids is 1. The van der Waals surface area contributed by atoms with Gasteiger partial charge >= 0.3 is 0 Å². The molecule has 0 aromatic heterocycles. The molecule has 2 N–H and O–H groups in total. The van der Waals surface area contributed by atoms with Crippen LogP contribution in [0.2, 0.25) is 0 Å². The minimum Gasteiger partial charge on any atom is -0.386 e. The zero-order valence-corrected chi connectivity index (χ0v) is 13.4. The summed E-state index contributed by atoms with van der Waals surface area (Å²) < 4.78 is 18.1. The Morgan fingerprint density at radius 3 is 2.71 bits per heavy atom. The highest BCUT2D eigenvalue weighted by Crippen LogP contribution is 2.02. The molecule has 0 unspecified atom stereocenters. The Morgan fingerprint density at radius 2 is 2.04 bits per heavy atom. The summed E-state index contributed by atoms with van der Waals surface area (Å²) in [6, 6.07) is 7.90. The zero-order chi connectivity index (χ0) is 17.2. The van der Waals surface area contributed by atoms with Crippen molar-refractivity contribution in [1.82, 2.24) is 15.5 Å². The van der Waals surface area contributed by atoms with Crippen LogP contribution in [0.15, 0.2) is 36.0 Å². The molecule has 0 atom stereocenters. The summed E-state index contributed by atoms with van der Waals surface area (Å²) in [6.45, 7) is 4.76. The molecule has 0 spiro atoms. The molecule has 0 saturated carbocycles. The van der Waals surface area contributed by atoms with Crippen LogP contribution < -0.4 is 10.6 Å². The number of hydrogen-bond acceptors (Lipinski definition) is 5. The number of rotatable bonds is 7. The van der Waals surface area contributed by atoms with Crippen molar-refractivity contribution in [1.29, 1.82) is 5.26 Å². The van der Waals surface area contributed by atoms with E-state index in [0.29, 0.717) is 26.3 Å². The summed E-state index contributed by atoms with van der Waals surface area (Å²) in [5.41, 5.74) is 0.872. The average Bonchev–Trinajstić information content (AvgIpc) is 2.61. The molecule has 6 nitrogen and oxygen atoms in total. The molecule has 0 aliphatic carbocycles. The second-order valence-corrected chi connectivity index (χ2v) is 5.39. The molecule has 0 radical (unpaired) electrons. The molecule has 1 aromatic rings. The number of hydrogen-bond donors (Lipinski definition) is 2. The Balaban J connectivity index is 1.73. The van der Waals surface area contributed by atoms with Gasteiger partial charge in [0.05, 0.1) is 13.2 Å². The van der Waals surface area contributed by atoms with Crippen LogP contribution in [0.4, 0.5) is 4.39 Å². The van der Waals surface area contributed by atoms with Gasteiger partial charge in [0, 0.05) is 38.9 Å². The van der Waals surface area contributed by atoms with Gasteiger partial charge in [-0.2, -0.15) is 5.26 Å². The number of amides is 1. The third-order valence-electron chi connectivity index (χ3n) is 3.65. The quantitative estimate of drug-likeness (QED) is 0.570. The molecule has 7 heteroatoms. The molecule has 2 rings (SSSR count). The Kier molecular flexibility index (Phi) is 7.21. The van der Waals surface area contributed by atoms with Crippen molar-refractivity contribution in [2.45, 2.75) is 6.54 Å². The maximum atomic E-state index is 12.8. The first-order valence-electron chi connectivity index (χ1n) is 7.85. The summed E-state index contributed by atoms with van der Waals surface area (Å²) in [4.78, 5) is 14.2. The molecule has 128 valence electrons. The van der Waals surface area contributed by atoms with E-state index in [9.17, 15) is 9.18 Å². The molecule has 24 heavy (non-hydrogen) atoms. The lowest BCUT2D eigenvalue weighted by Gasteiger charge is -2.26. The van der Waals surface area contributed by atoms with Crippen LogP contribution in [-0.2, 0) is 16.1 Å². The van der Waals surface area contributed by atoms with Crippen LogP contribution in [0.3, 0.4) is 0 Å². The first-order valence-corrected chi connectivity index (χ1v) is 7.85. The van der Waals surface area contributed by atoms with Gasteiger partial charge in [-0.05, 0) is 17.7 Å². The van der Waals surface area contributed by atoms with Crippen molar-refractivity contribution in [3.05, 3.63) is 47.4 Å². The zero-order valence-electron chi connectivity index (χ0n) is 13.4. The highest BCUT2D eigenvalue weighted by molar-refractivity contribution is 5.97. The van der Waals surface area contributed by atoms with Crippen molar-refractivity contribution in [2.24, 2.45) is 0 Å². The fourth-order valence-electron chi connectivity index (χ4n) is 2.27. The van der Waals surface area contributed by atoms with Crippen LogP contribution in [0.25, 0.3) is 0 Å². The molecule has 1 aromatic carbocycles. The topological polar surface area (TPSA) is 77.4 Å². The van der Waals surface area contributed by atoms with E-state index in [1.54, 1.807) is 12.1 Å². The van der Waals surface area contributed by atoms with Crippen molar-refractivity contribution < 1.29 is 13.9 Å². The van der Waals surface area contributed by atoms with Gasteiger partial charge in [-0.3, -0.25) is 9.69 Å². The number of morpholine rings is 1. The number of benzene rings is 1. The second-order valence-electron chi connectivity index (χ2n) is 5.39. The van der Waals surface area contributed by atoms with E-state index in [-0.39, 0.29) is 11.4 Å². The number of ether oxygens (including phenoxy) is 1. The summed E-state index contributed by atoms with van der Waals surface area (Å²) in [5.74, 6) is -0.705. The number of nitriles is 1. The van der Waals surface area contributed by atoms with E-state index in [0.717, 1.165) is 25.2 Å². The SMILES string of the molecule is N#C/C(=C/NCc1ccc(F)cc1)C(=O)NCCN1CCOCC1. The van der Waals surface area contributed by atoms with E-state index >= 15 is 0 Å². The lowest BCUT2D eigenvalue weighted by Crippen LogP contribution is -2.41. The molecule has 1 heterocycles. The molecule has 1 fully saturated rings. The summed E-state index contributed by atoms with van der Waals surface area (Å²) in [6.07, 6.45) is 1.38.